The third-order valence-corrected chi connectivity index (χ3v) is 4.62. The number of para-hydroxylation sites is 1. The van der Waals surface area contributed by atoms with Crippen molar-refractivity contribution in [1.29, 1.82) is 0 Å². The molecule has 25 heavy (non-hydrogen) atoms. The SMILES string of the molecule is CC(Sc1nnnn1-c1cccc(F)c1)C(=O)N(C)c1ccccc1. The number of aromatic nitrogens is 4. The van der Waals surface area contributed by atoms with Crippen LogP contribution in [0.3, 0.4) is 0 Å². The summed E-state index contributed by atoms with van der Waals surface area (Å²) in [7, 11) is 1.73. The van der Waals surface area contributed by atoms with Crippen molar-refractivity contribution in [1.82, 2.24) is 20.2 Å². The molecule has 1 aromatic heterocycles. The van der Waals surface area contributed by atoms with Gasteiger partial charge in [0.25, 0.3) is 0 Å². The first-order valence-corrected chi connectivity index (χ1v) is 8.48. The molecule has 6 nitrogen and oxygen atoms in total. The van der Waals surface area contributed by atoms with E-state index in [-0.39, 0.29) is 11.7 Å². The van der Waals surface area contributed by atoms with E-state index in [1.165, 1.54) is 28.6 Å². The van der Waals surface area contributed by atoms with Gasteiger partial charge in [-0.2, -0.15) is 4.68 Å². The summed E-state index contributed by atoms with van der Waals surface area (Å²) >= 11 is 1.22. The van der Waals surface area contributed by atoms with E-state index in [0.29, 0.717) is 10.8 Å². The second kappa shape index (κ2) is 7.43. The maximum absolute atomic E-state index is 13.4. The Bertz CT molecular complexity index is 870. The van der Waals surface area contributed by atoms with Crippen LogP contribution in [0.25, 0.3) is 5.69 Å². The van der Waals surface area contributed by atoms with E-state index < -0.39 is 5.25 Å². The lowest BCUT2D eigenvalue weighted by Crippen LogP contribution is -2.33. The second-order valence-electron chi connectivity index (χ2n) is 5.35. The Morgan fingerprint density at radius 1 is 1.20 bits per heavy atom. The standard InChI is InChI=1S/C17H16FN5OS/c1-12(16(24)22(2)14-8-4-3-5-9-14)25-17-19-20-21-23(17)15-10-6-7-13(18)11-15/h3-12H,1-2H3. The molecule has 0 saturated heterocycles. The normalized spacial score (nSPS) is 12.0. The van der Waals surface area contributed by atoms with Gasteiger partial charge in [0.1, 0.15) is 5.82 Å². The summed E-state index contributed by atoms with van der Waals surface area (Å²) in [6.07, 6.45) is 0. The highest BCUT2D eigenvalue weighted by Gasteiger charge is 2.23. The van der Waals surface area contributed by atoms with E-state index >= 15 is 0 Å². The van der Waals surface area contributed by atoms with Gasteiger partial charge in [0.05, 0.1) is 10.9 Å². The quantitative estimate of drug-likeness (QED) is 0.657. The van der Waals surface area contributed by atoms with Crippen LogP contribution < -0.4 is 4.90 Å². The van der Waals surface area contributed by atoms with Gasteiger partial charge in [-0.3, -0.25) is 4.79 Å². The predicted molar refractivity (Wildman–Crippen MR) is 94.3 cm³/mol. The minimum Gasteiger partial charge on any atom is -0.315 e. The summed E-state index contributed by atoms with van der Waals surface area (Å²) < 4.78 is 14.8. The minimum absolute atomic E-state index is 0.0787. The van der Waals surface area contributed by atoms with E-state index in [1.54, 1.807) is 31.0 Å². The van der Waals surface area contributed by atoms with Crippen LogP contribution in [0.5, 0.6) is 0 Å². The average Bonchev–Trinajstić information content (AvgIpc) is 3.09. The van der Waals surface area contributed by atoms with Crippen molar-refractivity contribution in [3.05, 3.63) is 60.4 Å². The third-order valence-electron chi connectivity index (χ3n) is 3.60. The average molecular weight is 357 g/mol. The molecule has 0 radical (unpaired) electrons. The maximum Gasteiger partial charge on any atom is 0.240 e. The lowest BCUT2D eigenvalue weighted by atomic mass is 10.3. The monoisotopic (exact) mass is 357 g/mol. The first-order chi connectivity index (χ1) is 12.1. The zero-order valence-electron chi connectivity index (χ0n) is 13.7. The summed E-state index contributed by atoms with van der Waals surface area (Å²) in [5.74, 6) is -0.457. The Hall–Kier alpha value is -2.74. The van der Waals surface area contributed by atoms with Gasteiger partial charge in [0.2, 0.25) is 11.1 Å². The van der Waals surface area contributed by atoms with E-state index in [2.05, 4.69) is 15.5 Å². The van der Waals surface area contributed by atoms with Crippen molar-refractivity contribution in [2.75, 3.05) is 11.9 Å². The van der Waals surface area contributed by atoms with Crippen molar-refractivity contribution in [2.45, 2.75) is 17.3 Å². The first kappa shape index (κ1) is 17.1. The van der Waals surface area contributed by atoms with Crippen LogP contribution in [0, 0.1) is 5.82 Å². The molecule has 3 rings (SSSR count). The summed E-state index contributed by atoms with van der Waals surface area (Å²) in [6.45, 7) is 1.79. The van der Waals surface area contributed by atoms with Crippen molar-refractivity contribution >= 4 is 23.4 Å². The molecule has 1 amide bonds. The molecule has 1 heterocycles. The zero-order valence-corrected chi connectivity index (χ0v) is 14.5. The number of halogens is 1. The number of benzene rings is 2. The number of carbonyl (C=O) groups excluding carboxylic acids is 1. The summed E-state index contributed by atoms with van der Waals surface area (Å²) in [4.78, 5) is 14.2. The van der Waals surface area contributed by atoms with Gasteiger partial charge in [-0.05, 0) is 47.7 Å². The fourth-order valence-electron chi connectivity index (χ4n) is 2.28. The molecule has 0 N–H and O–H groups in total. The fourth-order valence-corrected chi connectivity index (χ4v) is 3.18. The van der Waals surface area contributed by atoms with Crippen molar-refractivity contribution < 1.29 is 9.18 Å². The Morgan fingerprint density at radius 3 is 2.68 bits per heavy atom. The highest BCUT2D eigenvalue weighted by Crippen LogP contribution is 2.25. The Kier molecular flexibility index (Phi) is 5.08. The third kappa shape index (κ3) is 3.85. The molecule has 0 aliphatic rings. The van der Waals surface area contributed by atoms with Crippen molar-refractivity contribution in [3.8, 4) is 5.69 Å². The predicted octanol–water partition coefficient (Wildman–Crippen LogP) is 2.95. The van der Waals surface area contributed by atoms with Crippen LogP contribution >= 0.6 is 11.8 Å². The van der Waals surface area contributed by atoms with Crippen LogP contribution in [0.2, 0.25) is 0 Å². The summed E-state index contributed by atoms with van der Waals surface area (Å²) in [5, 5.41) is 11.5. The number of amides is 1. The number of carbonyl (C=O) groups is 1. The molecule has 3 aromatic rings. The molecule has 0 fully saturated rings. The zero-order chi connectivity index (χ0) is 17.8. The van der Waals surface area contributed by atoms with Gasteiger partial charge in [-0.1, -0.05) is 36.0 Å². The lowest BCUT2D eigenvalue weighted by molar-refractivity contribution is -0.117. The molecule has 128 valence electrons. The van der Waals surface area contributed by atoms with Crippen LogP contribution in [-0.4, -0.2) is 38.4 Å². The van der Waals surface area contributed by atoms with Gasteiger partial charge >= 0.3 is 0 Å². The lowest BCUT2D eigenvalue weighted by Gasteiger charge is -2.20. The number of thioether (sulfide) groups is 1. The van der Waals surface area contributed by atoms with Gasteiger partial charge in [-0.15, -0.1) is 5.10 Å². The van der Waals surface area contributed by atoms with E-state index in [1.807, 2.05) is 30.3 Å². The molecular formula is C17H16FN5OS. The molecule has 8 heteroatoms. The molecule has 0 aliphatic heterocycles. The number of anilines is 1. The molecule has 0 aliphatic carbocycles. The molecule has 0 bridgehead atoms. The number of rotatable bonds is 5. The van der Waals surface area contributed by atoms with Crippen LogP contribution in [-0.2, 0) is 4.79 Å². The van der Waals surface area contributed by atoms with E-state index in [9.17, 15) is 9.18 Å². The number of tetrazole rings is 1. The van der Waals surface area contributed by atoms with Crippen LogP contribution in [0.4, 0.5) is 10.1 Å². The number of hydrogen-bond donors (Lipinski definition) is 0. The smallest absolute Gasteiger partial charge is 0.240 e. The van der Waals surface area contributed by atoms with Crippen LogP contribution in [0.15, 0.2) is 59.8 Å². The van der Waals surface area contributed by atoms with Gasteiger partial charge in [0, 0.05) is 12.7 Å². The van der Waals surface area contributed by atoms with Crippen LogP contribution in [0.1, 0.15) is 6.92 Å². The minimum atomic E-state index is -0.413. The first-order valence-electron chi connectivity index (χ1n) is 7.60. The topological polar surface area (TPSA) is 63.9 Å². The maximum atomic E-state index is 13.4. The molecule has 2 aromatic carbocycles. The second-order valence-corrected chi connectivity index (χ2v) is 6.65. The fraction of sp³-hybridized carbons (Fsp3) is 0.176. The summed E-state index contributed by atoms with van der Waals surface area (Å²) in [5.41, 5.74) is 1.31. The van der Waals surface area contributed by atoms with Crippen molar-refractivity contribution in [2.24, 2.45) is 0 Å². The summed E-state index contributed by atoms with van der Waals surface area (Å²) in [6, 6.07) is 15.4. The molecule has 0 saturated carbocycles. The van der Waals surface area contributed by atoms with E-state index in [0.717, 1.165) is 5.69 Å². The Balaban J connectivity index is 1.77. The molecular weight excluding hydrogens is 341 g/mol. The Labute approximate surface area is 148 Å². The van der Waals surface area contributed by atoms with Gasteiger partial charge in [-0.25, -0.2) is 4.39 Å². The molecule has 1 unspecified atom stereocenters. The molecule has 1 atom stereocenters. The van der Waals surface area contributed by atoms with Gasteiger partial charge in [0.15, 0.2) is 0 Å². The number of hydrogen-bond acceptors (Lipinski definition) is 5. The highest BCUT2D eigenvalue weighted by molar-refractivity contribution is 8.00. The molecule has 0 spiro atoms. The highest BCUT2D eigenvalue weighted by atomic mass is 32.2. The van der Waals surface area contributed by atoms with Crippen molar-refractivity contribution in [3.63, 3.8) is 0 Å². The van der Waals surface area contributed by atoms with E-state index in [4.69, 9.17) is 0 Å². The van der Waals surface area contributed by atoms with Gasteiger partial charge < -0.3 is 4.90 Å². The Morgan fingerprint density at radius 2 is 1.96 bits per heavy atom. The number of nitrogens with zero attached hydrogens (tertiary/aromatic N) is 5. The largest absolute Gasteiger partial charge is 0.315 e.